The number of rotatable bonds is 6. The van der Waals surface area contributed by atoms with Gasteiger partial charge < -0.3 is 0 Å². The van der Waals surface area contributed by atoms with Crippen molar-refractivity contribution in [3.05, 3.63) is 95.3 Å². The zero-order valence-corrected chi connectivity index (χ0v) is 17.8. The summed E-state index contributed by atoms with van der Waals surface area (Å²) in [6.45, 7) is 2.16. The Hall–Kier alpha value is -3.58. The minimum Gasteiger partial charge on any atom is -0.206 e. The number of hydrogen-bond donors (Lipinski definition) is 0. The van der Waals surface area contributed by atoms with Gasteiger partial charge in [0.25, 0.3) is 0 Å². The smallest absolute Gasteiger partial charge is 0.141 e. The molecular formula is C28H22F3N. The van der Waals surface area contributed by atoms with E-state index in [0.29, 0.717) is 22.1 Å². The summed E-state index contributed by atoms with van der Waals surface area (Å²) in [6, 6.07) is 19.4. The van der Waals surface area contributed by atoms with Crippen molar-refractivity contribution < 1.29 is 13.2 Å². The van der Waals surface area contributed by atoms with Gasteiger partial charge in [0.1, 0.15) is 23.5 Å². The third kappa shape index (κ3) is 4.24. The van der Waals surface area contributed by atoms with Gasteiger partial charge >= 0.3 is 0 Å². The maximum Gasteiger partial charge on any atom is 0.141 e. The molecule has 0 heterocycles. The third-order valence-electron chi connectivity index (χ3n) is 5.77. The zero-order chi connectivity index (χ0) is 22.7. The average molecular weight is 429 g/mol. The van der Waals surface area contributed by atoms with Gasteiger partial charge in [-0.25, -0.2) is 13.2 Å². The Morgan fingerprint density at radius 3 is 2.19 bits per heavy atom. The molecule has 0 fully saturated rings. The molecule has 4 heteroatoms. The summed E-state index contributed by atoms with van der Waals surface area (Å²) in [7, 11) is 0. The molecule has 160 valence electrons. The SMILES string of the molecule is CCCCCc1ccc2c(F)c(-c3ccc(-c4ccc(C#N)c(F)c4)c(F)c3)ccc2c1. The normalized spacial score (nSPS) is 11.0. The fourth-order valence-corrected chi connectivity index (χ4v) is 3.99. The molecule has 0 N–H and O–H groups in total. The van der Waals surface area contributed by atoms with E-state index in [-0.39, 0.29) is 16.9 Å². The topological polar surface area (TPSA) is 23.8 Å². The number of unbranched alkanes of at least 4 members (excludes halogenated alkanes) is 2. The summed E-state index contributed by atoms with van der Waals surface area (Å²) in [4.78, 5) is 0. The molecule has 4 rings (SSSR count). The Labute approximate surface area is 185 Å². The lowest BCUT2D eigenvalue weighted by Crippen LogP contribution is -1.92. The zero-order valence-electron chi connectivity index (χ0n) is 17.8. The van der Waals surface area contributed by atoms with E-state index in [2.05, 4.69) is 6.92 Å². The fraction of sp³-hybridized carbons (Fsp3) is 0.179. The lowest BCUT2D eigenvalue weighted by molar-refractivity contribution is 0.622. The average Bonchev–Trinajstić information content (AvgIpc) is 2.79. The highest BCUT2D eigenvalue weighted by Gasteiger charge is 2.14. The van der Waals surface area contributed by atoms with Gasteiger partial charge in [-0.15, -0.1) is 0 Å². The highest BCUT2D eigenvalue weighted by molar-refractivity contribution is 5.89. The number of nitriles is 1. The van der Waals surface area contributed by atoms with Crippen molar-refractivity contribution in [1.82, 2.24) is 0 Å². The van der Waals surface area contributed by atoms with Crippen molar-refractivity contribution in [3.63, 3.8) is 0 Å². The Morgan fingerprint density at radius 2 is 1.47 bits per heavy atom. The summed E-state index contributed by atoms with van der Waals surface area (Å²) >= 11 is 0. The monoisotopic (exact) mass is 429 g/mol. The molecule has 1 nitrogen and oxygen atoms in total. The van der Waals surface area contributed by atoms with Crippen LogP contribution in [0.4, 0.5) is 13.2 Å². The molecule has 0 aliphatic carbocycles. The van der Waals surface area contributed by atoms with E-state index in [4.69, 9.17) is 5.26 Å². The summed E-state index contributed by atoms with van der Waals surface area (Å²) in [6.07, 6.45) is 4.40. The quantitative estimate of drug-likeness (QED) is 0.283. The van der Waals surface area contributed by atoms with E-state index < -0.39 is 11.6 Å². The fourth-order valence-electron chi connectivity index (χ4n) is 3.99. The summed E-state index contributed by atoms with van der Waals surface area (Å²) < 4.78 is 44.1. The van der Waals surface area contributed by atoms with Crippen LogP contribution in [0.25, 0.3) is 33.0 Å². The number of hydrogen-bond acceptors (Lipinski definition) is 1. The number of fused-ring (bicyclic) bond motifs is 1. The first kappa shape index (κ1) is 21.6. The van der Waals surface area contributed by atoms with Crippen LogP contribution in [0.1, 0.15) is 37.3 Å². The number of aryl methyl sites for hydroxylation is 1. The lowest BCUT2D eigenvalue weighted by Gasteiger charge is -2.11. The molecule has 0 aliphatic heterocycles. The summed E-state index contributed by atoms with van der Waals surface area (Å²) in [5.74, 6) is -1.68. The predicted octanol–water partition coefficient (Wildman–Crippen LogP) is 8.20. The minimum absolute atomic E-state index is 0.0995. The second-order valence-electron chi connectivity index (χ2n) is 7.94. The molecule has 0 aliphatic rings. The van der Waals surface area contributed by atoms with Gasteiger partial charge in [-0.3, -0.25) is 0 Å². The van der Waals surface area contributed by atoms with E-state index >= 15 is 4.39 Å². The molecule has 0 atom stereocenters. The van der Waals surface area contributed by atoms with Crippen molar-refractivity contribution in [1.29, 1.82) is 5.26 Å². The summed E-state index contributed by atoms with van der Waals surface area (Å²) in [5.41, 5.74) is 2.32. The molecule has 0 spiro atoms. The highest BCUT2D eigenvalue weighted by atomic mass is 19.1. The van der Waals surface area contributed by atoms with Crippen LogP contribution in [-0.2, 0) is 6.42 Å². The van der Waals surface area contributed by atoms with Crippen LogP contribution in [0.5, 0.6) is 0 Å². The van der Waals surface area contributed by atoms with Crippen LogP contribution in [0.3, 0.4) is 0 Å². The molecular weight excluding hydrogens is 407 g/mol. The standard InChI is InChI=1S/C28H22F3N/c1-2-3-4-5-18-6-11-24-19(14-18)10-13-25(28(24)31)21-9-12-23(27(30)16-21)20-7-8-22(17-32)26(29)15-20/h6-16H,2-5H2,1H3. The third-order valence-corrected chi connectivity index (χ3v) is 5.77. The largest absolute Gasteiger partial charge is 0.206 e. The van der Waals surface area contributed by atoms with Crippen LogP contribution < -0.4 is 0 Å². The minimum atomic E-state index is -0.705. The molecule has 0 bridgehead atoms. The van der Waals surface area contributed by atoms with Crippen LogP contribution >= 0.6 is 0 Å². The molecule has 32 heavy (non-hydrogen) atoms. The predicted molar refractivity (Wildman–Crippen MR) is 123 cm³/mol. The molecule has 0 saturated heterocycles. The van der Waals surface area contributed by atoms with Crippen LogP contribution in [-0.4, -0.2) is 0 Å². The first-order valence-electron chi connectivity index (χ1n) is 10.7. The van der Waals surface area contributed by atoms with Crippen LogP contribution in [0.2, 0.25) is 0 Å². The Bertz CT molecular complexity index is 1330. The van der Waals surface area contributed by atoms with Crippen molar-refractivity contribution in [2.75, 3.05) is 0 Å². The van der Waals surface area contributed by atoms with Gasteiger partial charge in [-0.05, 0) is 53.1 Å². The maximum absolute atomic E-state index is 15.3. The Morgan fingerprint density at radius 1 is 0.750 bits per heavy atom. The molecule has 4 aromatic rings. The highest BCUT2D eigenvalue weighted by Crippen LogP contribution is 2.33. The van der Waals surface area contributed by atoms with Gasteiger partial charge in [-0.2, -0.15) is 5.26 Å². The van der Waals surface area contributed by atoms with Gasteiger partial charge in [-0.1, -0.05) is 68.3 Å². The van der Waals surface area contributed by atoms with Gasteiger partial charge in [0.15, 0.2) is 0 Å². The van der Waals surface area contributed by atoms with Gasteiger partial charge in [0, 0.05) is 16.5 Å². The number of benzene rings is 4. The van der Waals surface area contributed by atoms with Crippen molar-refractivity contribution in [2.24, 2.45) is 0 Å². The van der Waals surface area contributed by atoms with Crippen molar-refractivity contribution >= 4 is 10.8 Å². The van der Waals surface area contributed by atoms with E-state index in [1.807, 2.05) is 18.2 Å². The first-order chi connectivity index (χ1) is 15.5. The molecule has 0 radical (unpaired) electrons. The van der Waals surface area contributed by atoms with E-state index in [9.17, 15) is 8.78 Å². The van der Waals surface area contributed by atoms with E-state index in [1.54, 1.807) is 24.3 Å². The number of halogens is 3. The van der Waals surface area contributed by atoms with Crippen LogP contribution in [0.15, 0.2) is 66.7 Å². The second-order valence-corrected chi connectivity index (χ2v) is 7.94. The molecule has 4 aromatic carbocycles. The molecule has 0 unspecified atom stereocenters. The van der Waals surface area contributed by atoms with E-state index in [1.165, 1.54) is 36.2 Å². The molecule has 0 saturated carbocycles. The molecule has 0 aromatic heterocycles. The second kappa shape index (κ2) is 9.28. The first-order valence-corrected chi connectivity index (χ1v) is 10.7. The van der Waals surface area contributed by atoms with Gasteiger partial charge in [0.2, 0.25) is 0 Å². The van der Waals surface area contributed by atoms with Crippen molar-refractivity contribution in [2.45, 2.75) is 32.6 Å². The Kier molecular flexibility index (Phi) is 6.28. The van der Waals surface area contributed by atoms with Crippen LogP contribution in [0, 0.1) is 28.8 Å². The maximum atomic E-state index is 15.3. The lowest BCUT2D eigenvalue weighted by atomic mass is 9.95. The van der Waals surface area contributed by atoms with Gasteiger partial charge in [0.05, 0.1) is 5.56 Å². The van der Waals surface area contributed by atoms with Crippen molar-refractivity contribution in [3.8, 4) is 28.3 Å². The summed E-state index contributed by atoms with van der Waals surface area (Å²) in [5, 5.41) is 10.2. The Balaban J connectivity index is 1.67. The molecule has 0 amide bonds. The van der Waals surface area contributed by atoms with E-state index in [0.717, 1.165) is 30.7 Å². The number of nitrogens with zero attached hydrogens (tertiary/aromatic N) is 1.